The van der Waals surface area contributed by atoms with E-state index in [-0.39, 0.29) is 12.1 Å². The van der Waals surface area contributed by atoms with Gasteiger partial charge in [-0.1, -0.05) is 0 Å². The molecular weight excluding hydrogens is 260 g/mol. The highest BCUT2D eigenvalue weighted by Crippen LogP contribution is 2.26. The second kappa shape index (κ2) is 5.03. The Bertz CT molecular complexity index is 477. The summed E-state index contributed by atoms with van der Waals surface area (Å²) in [4.78, 5) is 0. The molecule has 7 heteroatoms. The number of hydrogen-bond donors (Lipinski definition) is 2. The summed E-state index contributed by atoms with van der Waals surface area (Å²) in [5.41, 5.74) is 6.30. The molecule has 96 valence electrons. The molecule has 1 saturated carbocycles. The van der Waals surface area contributed by atoms with E-state index in [0.717, 1.165) is 18.4 Å². The van der Waals surface area contributed by atoms with Crippen LogP contribution < -0.4 is 10.5 Å². The summed E-state index contributed by atoms with van der Waals surface area (Å²) in [7, 11) is -1.74. The monoisotopic (exact) mass is 276 g/mol. The number of nitrogens with two attached hydrogens (primary N) is 1. The van der Waals surface area contributed by atoms with E-state index < -0.39 is 10.0 Å². The van der Waals surface area contributed by atoms with Crippen LogP contribution >= 0.6 is 11.3 Å². The van der Waals surface area contributed by atoms with Gasteiger partial charge in [0.25, 0.3) is 0 Å². The van der Waals surface area contributed by atoms with Gasteiger partial charge in [0.1, 0.15) is 4.21 Å². The first kappa shape index (κ1) is 13.0. The summed E-state index contributed by atoms with van der Waals surface area (Å²) < 4.78 is 32.1. The summed E-state index contributed by atoms with van der Waals surface area (Å²) in [5, 5.41) is 1.77. The van der Waals surface area contributed by atoms with E-state index >= 15 is 0 Å². The molecule has 0 saturated heterocycles. The van der Waals surface area contributed by atoms with Crippen molar-refractivity contribution in [3.05, 3.63) is 17.0 Å². The molecule has 1 heterocycles. The highest BCUT2D eigenvalue weighted by Gasteiger charge is 2.33. The van der Waals surface area contributed by atoms with Gasteiger partial charge in [0.15, 0.2) is 0 Å². The van der Waals surface area contributed by atoms with Crippen LogP contribution in [0.5, 0.6) is 0 Å². The van der Waals surface area contributed by atoms with Gasteiger partial charge in [0.2, 0.25) is 10.0 Å². The minimum Gasteiger partial charge on any atom is -0.381 e. The molecule has 17 heavy (non-hydrogen) atoms. The molecule has 0 spiro atoms. The SMILES string of the molecule is COC1CC(NS(=O)(=O)c2cc(CN)cs2)C1. The molecule has 1 aliphatic rings. The molecule has 3 N–H and O–H groups in total. The molecule has 1 aliphatic carbocycles. The number of hydrogen-bond acceptors (Lipinski definition) is 5. The van der Waals surface area contributed by atoms with Crippen molar-refractivity contribution in [1.29, 1.82) is 0 Å². The van der Waals surface area contributed by atoms with Crippen LogP contribution in [0.4, 0.5) is 0 Å². The highest BCUT2D eigenvalue weighted by molar-refractivity contribution is 7.91. The lowest BCUT2D eigenvalue weighted by Crippen LogP contribution is -2.47. The van der Waals surface area contributed by atoms with E-state index in [9.17, 15) is 8.42 Å². The van der Waals surface area contributed by atoms with E-state index in [1.807, 2.05) is 0 Å². The second-order valence-electron chi connectivity index (χ2n) is 4.13. The Balaban J connectivity index is 1.99. The van der Waals surface area contributed by atoms with E-state index in [4.69, 9.17) is 10.5 Å². The number of nitrogens with one attached hydrogen (secondary N) is 1. The van der Waals surface area contributed by atoms with Gasteiger partial charge in [-0.25, -0.2) is 13.1 Å². The maximum Gasteiger partial charge on any atom is 0.250 e. The maximum atomic E-state index is 12.0. The Morgan fingerprint density at radius 1 is 1.59 bits per heavy atom. The van der Waals surface area contributed by atoms with Gasteiger partial charge in [-0.05, 0) is 29.9 Å². The first-order valence-electron chi connectivity index (χ1n) is 5.37. The van der Waals surface area contributed by atoms with Gasteiger partial charge in [-0.3, -0.25) is 0 Å². The Kier molecular flexibility index (Phi) is 3.84. The van der Waals surface area contributed by atoms with Crippen LogP contribution in [0.25, 0.3) is 0 Å². The number of methoxy groups -OCH3 is 1. The second-order valence-corrected chi connectivity index (χ2v) is 6.98. The lowest BCUT2D eigenvalue weighted by atomic mass is 9.90. The zero-order chi connectivity index (χ0) is 12.5. The van der Waals surface area contributed by atoms with Crippen LogP contribution in [0, 0.1) is 0 Å². The van der Waals surface area contributed by atoms with Crippen LogP contribution in [-0.4, -0.2) is 27.7 Å². The van der Waals surface area contributed by atoms with Gasteiger partial charge in [-0.2, -0.15) is 0 Å². The van der Waals surface area contributed by atoms with Crippen molar-refractivity contribution >= 4 is 21.4 Å². The van der Waals surface area contributed by atoms with Crippen LogP contribution in [-0.2, 0) is 21.3 Å². The summed E-state index contributed by atoms with van der Waals surface area (Å²) >= 11 is 1.20. The molecule has 0 bridgehead atoms. The standard InChI is InChI=1S/C10H16N2O3S2/c1-15-9-3-8(4-9)12-17(13,14)10-2-7(5-11)6-16-10/h2,6,8-9,12H,3-5,11H2,1H3. The van der Waals surface area contributed by atoms with Crippen LogP contribution in [0.3, 0.4) is 0 Å². The molecule has 1 aromatic heterocycles. The molecule has 0 unspecified atom stereocenters. The number of ether oxygens (including phenoxy) is 1. The third-order valence-corrected chi connectivity index (χ3v) is 5.89. The van der Waals surface area contributed by atoms with Crippen molar-refractivity contribution in [1.82, 2.24) is 4.72 Å². The van der Waals surface area contributed by atoms with Crippen molar-refractivity contribution in [3.8, 4) is 0 Å². The first-order valence-corrected chi connectivity index (χ1v) is 7.74. The van der Waals surface area contributed by atoms with Crippen molar-refractivity contribution in [3.63, 3.8) is 0 Å². The Labute approximate surface area is 105 Å². The molecule has 1 aromatic rings. The smallest absolute Gasteiger partial charge is 0.250 e. The first-order chi connectivity index (χ1) is 8.05. The largest absolute Gasteiger partial charge is 0.381 e. The maximum absolute atomic E-state index is 12.0. The molecule has 0 atom stereocenters. The van der Waals surface area contributed by atoms with Gasteiger partial charge in [-0.15, -0.1) is 11.3 Å². The third kappa shape index (κ3) is 2.86. The Morgan fingerprint density at radius 3 is 2.82 bits per heavy atom. The molecule has 0 aromatic carbocycles. The average molecular weight is 276 g/mol. The molecule has 2 rings (SSSR count). The van der Waals surface area contributed by atoms with Gasteiger partial charge >= 0.3 is 0 Å². The van der Waals surface area contributed by atoms with Gasteiger partial charge in [0.05, 0.1) is 6.10 Å². The average Bonchev–Trinajstić information content (AvgIpc) is 2.71. The summed E-state index contributed by atoms with van der Waals surface area (Å²) in [5.74, 6) is 0. The summed E-state index contributed by atoms with van der Waals surface area (Å²) in [6.07, 6.45) is 1.67. The molecule has 0 aliphatic heterocycles. The van der Waals surface area contributed by atoms with Crippen LogP contribution in [0.15, 0.2) is 15.7 Å². The third-order valence-electron chi connectivity index (χ3n) is 2.88. The van der Waals surface area contributed by atoms with E-state index in [0.29, 0.717) is 10.8 Å². The molecule has 0 amide bonds. The fourth-order valence-electron chi connectivity index (χ4n) is 1.73. The van der Waals surface area contributed by atoms with Crippen molar-refractivity contribution in [2.45, 2.75) is 35.7 Å². The highest BCUT2D eigenvalue weighted by atomic mass is 32.2. The molecular formula is C10H16N2O3S2. The quantitative estimate of drug-likeness (QED) is 0.828. The molecule has 1 fully saturated rings. The lowest BCUT2D eigenvalue weighted by Gasteiger charge is -2.34. The van der Waals surface area contributed by atoms with Crippen LogP contribution in [0.1, 0.15) is 18.4 Å². The van der Waals surface area contributed by atoms with Crippen molar-refractivity contribution in [2.24, 2.45) is 5.73 Å². The van der Waals surface area contributed by atoms with Gasteiger partial charge in [0, 0.05) is 19.7 Å². The summed E-state index contributed by atoms with van der Waals surface area (Å²) in [6.45, 7) is 0.362. The minimum absolute atomic E-state index is 0.00613. The topological polar surface area (TPSA) is 81.4 Å². The lowest BCUT2D eigenvalue weighted by molar-refractivity contribution is 0.0236. The zero-order valence-corrected chi connectivity index (χ0v) is 11.2. The van der Waals surface area contributed by atoms with Crippen LogP contribution in [0.2, 0.25) is 0 Å². The molecule has 5 nitrogen and oxygen atoms in total. The van der Waals surface area contributed by atoms with Crippen molar-refractivity contribution < 1.29 is 13.2 Å². The summed E-state index contributed by atoms with van der Waals surface area (Å²) in [6, 6.07) is 1.62. The van der Waals surface area contributed by atoms with Crippen molar-refractivity contribution in [2.75, 3.05) is 7.11 Å². The number of sulfonamides is 1. The minimum atomic E-state index is -3.38. The zero-order valence-electron chi connectivity index (χ0n) is 9.55. The fraction of sp³-hybridized carbons (Fsp3) is 0.600. The predicted molar refractivity (Wildman–Crippen MR) is 66.4 cm³/mol. The van der Waals surface area contributed by atoms with E-state index in [1.54, 1.807) is 18.6 Å². The number of rotatable bonds is 5. The molecule has 0 radical (unpaired) electrons. The van der Waals surface area contributed by atoms with E-state index in [2.05, 4.69) is 4.72 Å². The Hall–Kier alpha value is -0.470. The van der Waals surface area contributed by atoms with Gasteiger partial charge < -0.3 is 10.5 Å². The Morgan fingerprint density at radius 2 is 2.29 bits per heavy atom. The van der Waals surface area contributed by atoms with E-state index in [1.165, 1.54) is 11.3 Å². The number of thiophene rings is 1. The fourth-order valence-corrected chi connectivity index (χ4v) is 4.23. The predicted octanol–water partition coefficient (Wildman–Crippen LogP) is 0.662. The normalized spacial score (nSPS) is 24.6.